The number of methoxy groups -OCH3 is 1. The second kappa shape index (κ2) is 7.13. The molecule has 3 rings (SSSR count). The van der Waals surface area contributed by atoms with Gasteiger partial charge in [-0.1, -0.05) is 6.07 Å². The van der Waals surface area contributed by atoms with E-state index in [0.29, 0.717) is 0 Å². The molecule has 6 heteroatoms. The second-order valence-electron chi connectivity index (χ2n) is 6.38. The maximum absolute atomic E-state index is 12.2. The number of rotatable bonds is 5. The van der Waals surface area contributed by atoms with E-state index in [2.05, 4.69) is 18.9 Å². The van der Waals surface area contributed by atoms with Crippen LogP contribution in [-0.2, 0) is 9.53 Å². The lowest BCUT2D eigenvalue weighted by Gasteiger charge is -2.24. The molecule has 2 aromatic heterocycles. The van der Waals surface area contributed by atoms with Gasteiger partial charge in [0.05, 0.1) is 23.1 Å². The molecule has 24 heavy (non-hydrogen) atoms. The van der Waals surface area contributed by atoms with Crippen LogP contribution in [0.1, 0.15) is 44.5 Å². The van der Waals surface area contributed by atoms with Gasteiger partial charge in [0.15, 0.2) is 0 Å². The summed E-state index contributed by atoms with van der Waals surface area (Å²) in [5, 5.41) is 4.38. The van der Waals surface area contributed by atoms with Gasteiger partial charge < -0.3 is 9.64 Å². The molecule has 1 saturated heterocycles. The monoisotopic (exact) mass is 328 g/mol. The third-order valence-electron chi connectivity index (χ3n) is 4.37. The Balaban J connectivity index is 1.90. The van der Waals surface area contributed by atoms with Crippen LogP contribution in [-0.4, -0.2) is 45.8 Å². The van der Waals surface area contributed by atoms with E-state index in [0.717, 1.165) is 36.5 Å². The van der Waals surface area contributed by atoms with Crippen molar-refractivity contribution in [1.82, 2.24) is 19.7 Å². The first kappa shape index (κ1) is 16.6. The summed E-state index contributed by atoms with van der Waals surface area (Å²) in [6.45, 7) is 5.09. The Bertz CT molecular complexity index is 711. The Kier molecular flexibility index (Phi) is 4.94. The minimum absolute atomic E-state index is 0.0272. The number of carbonyl (C=O) groups excluding carboxylic acids is 1. The molecule has 128 valence electrons. The minimum Gasteiger partial charge on any atom is -0.375 e. The first-order chi connectivity index (χ1) is 11.6. The van der Waals surface area contributed by atoms with E-state index < -0.39 is 0 Å². The Labute approximate surface area is 142 Å². The predicted molar refractivity (Wildman–Crippen MR) is 91.4 cm³/mol. The molecule has 1 aliphatic heterocycles. The van der Waals surface area contributed by atoms with Crippen LogP contribution in [0.5, 0.6) is 0 Å². The average molecular weight is 328 g/mol. The molecule has 0 aliphatic carbocycles. The Hall–Kier alpha value is -2.21. The molecule has 0 saturated carbocycles. The molecule has 6 nitrogen and oxygen atoms in total. The minimum atomic E-state index is 0.0272. The standard InChI is InChI=1S/C18H24N4O2/c1-13(2)22-17(9-10-19-22)15-7-4-6-14(20-15)16-8-5-11-21(16)18(23)12-24-3/h4,6-7,9-10,13,16H,5,8,11-12H2,1-3H3/t16-/m1/s1. The van der Waals surface area contributed by atoms with Crippen LogP contribution in [0.2, 0.25) is 0 Å². The van der Waals surface area contributed by atoms with Crippen molar-refractivity contribution in [1.29, 1.82) is 0 Å². The van der Waals surface area contributed by atoms with Crippen molar-refractivity contribution in [3.05, 3.63) is 36.2 Å². The number of amides is 1. The zero-order chi connectivity index (χ0) is 17.1. The van der Waals surface area contributed by atoms with Crippen molar-refractivity contribution >= 4 is 5.91 Å². The lowest BCUT2D eigenvalue weighted by molar-refractivity contribution is -0.136. The molecule has 1 fully saturated rings. The summed E-state index contributed by atoms with van der Waals surface area (Å²) >= 11 is 0. The highest BCUT2D eigenvalue weighted by molar-refractivity contribution is 5.78. The van der Waals surface area contributed by atoms with Crippen molar-refractivity contribution in [3.8, 4) is 11.4 Å². The Morgan fingerprint density at radius 2 is 2.21 bits per heavy atom. The number of aromatic nitrogens is 3. The molecule has 3 heterocycles. The van der Waals surface area contributed by atoms with Crippen LogP contribution in [0, 0.1) is 0 Å². The molecule has 2 aromatic rings. The number of ether oxygens (including phenoxy) is 1. The number of nitrogens with zero attached hydrogens (tertiary/aromatic N) is 4. The van der Waals surface area contributed by atoms with Gasteiger partial charge in [0.2, 0.25) is 5.91 Å². The molecule has 0 unspecified atom stereocenters. The highest BCUT2D eigenvalue weighted by Crippen LogP contribution is 2.32. The highest BCUT2D eigenvalue weighted by atomic mass is 16.5. The van der Waals surface area contributed by atoms with Crippen LogP contribution in [0.3, 0.4) is 0 Å². The summed E-state index contributed by atoms with van der Waals surface area (Å²) in [6, 6.07) is 8.29. The zero-order valence-corrected chi connectivity index (χ0v) is 14.5. The van der Waals surface area contributed by atoms with E-state index in [1.807, 2.05) is 33.8 Å². The lowest BCUT2D eigenvalue weighted by Crippen LogP contribution is -2.33. The third-order valence-corrected chi connectivity index (χ3v) is 4.37. The van der Waals surface area contributed by atoms with Crippen molar-refractivity contribution in [2.45, 2.75) is 38.8 Å². The zero-order valence-electron chi connectivity index (χ0n) is 14.5. The van der Waals surface area contributed by atoms with E-state index >= 15 is 0 Å². The fourth-order valence-corrected chi connectivity index (χ4v) is 3.29. The number of likely N-dealkylation sites (tertiary alicyclic amines) is 1. The van der Waals surface area contributed by atoms with Crippen molar-refractivity contribution in [3.63, 3.8) is 0 Å². The van der Waals surface area contributed by atoms with E-state index in [1.54, 1.807) is 13.3 Å². The van der Waals surface area contributed by atoms with Gasteiger partial charge in [-0.25, -0.2) is 4.98 Å². The second-order valence-corrected chi connectivity index (χ2v) is 6.38. The number of carbonyl (C=O) groups is 1. The fourth-order valence-electron chi connectivity index (χ4n) is 3.29. The van der Waals surface area contributed by atoms with Gasteiger partial charge in [-0.2, -0.15) is 5.10 Å². The number of hydrogen-bond acceptors (Lipinski definition) is 4. The molecule has 1 atom stereocenters. The average Bonchev–Trinajstić information content (AvgIpc) is 3.24. The molecule has 0 radical (unpaired) electrons. The van der Waals surface area contributed by atoms with Crippen molar-refractivity contribution in [2.24, 2.45) is 0 Å². The van der Waals surface area contributed by atoms with E-state index in [4.69, 9.17) is 9.72 Å². The number of pyridine rings is 1. The molecule has 0 bridgehead atoms. The van der Waals surface area contributed by atoms with Gasteiger partial charge >= 0.3 is 0 Å². The quantitative estimate of drug-likeness (QED) is 0.847. The highest BCUT2D eigenvalue weighted by Gasteiger charge is 2.30. The van der Waals surface area contributed by atoms with Crippen molar-refractivity contribution < 1.29 is 9.53 Å². The van der Waals surface area contributed by atoms with E-state index in [9.17, 15) is 4.79 Å². The van der Waals surface area contributed by atoms with Crippen LogP contribution in [0.15, 0.2) is 30.5 Å². The van der Waals surface area contributed by atoms with Gasteiger partial charge in [-0.05, 0) is 44.9 Å². The smallest absolute Gasteiger partial charge is 0.249 e. The normalized spacial score (nSPS) is 17.7. The first-order valence-corrected chi connectivity index (χ1v) is 8.41. The first-order valence-electron chi connectivity index (χ1n) is 8.41. The Morgan fingerprint density at radius 3 is 2.96 bits per heavy atom. The van der Waals surface area contributed by atoms with Gasteiger partial charge in [-0.3, -0.25) is 9.48 Å². The fraction of sp³-hybridized carbons (Fsp3) is 0.500. The molecular formula is C18H24N4O2. The van der Waals surface area contributed by atoms with Crippen LogP contribution in [0.25, 0.3) is 11.4 Å². The summed E-state index contributed by atoms with van der Waals surface area (Å²) in [7, 11) is 1.55. The topological polar surface area (TPSA) is 60.2 Å². The largest absolute Gasteiger partial charge is 0.375 e. The van der Waals surface area contributed by atoms with Gasteiger partial charge in [0.25, 0.3) is 0 Å². The number of hydrogen-bond donors (Lipinski definition) is 0. The molecule has 0 spiro atoms. The van der Waals surface area contributed by atoms with Gasteiger partial charge in [-0.15, -0.1) is 0 Å². The SMILES string of the molecule is COCC(=O)N1CCC[C@@H]1c1cccc(-c2ccnn2C(C)C)n1. The predicted octanol–water partition coefficient (Wildman–Crippen LogP) is 2.84. The molecule has 1 aliphatic rings. The lowest BCUT2D eigenvalue weighted by atomic mass is 10.1. The summed E-state index contributed by atoms with van der Waals surface area (Å²) in [4.78, 5) is 19.0. The molecule has 0 aromatic carbocycles. The van der Waals surface area contributed by atoms with Gasteiger partial charge in [0.1, 0.15) is 6.61 Å². The Morgan fingerprint density at radius 1 is 1.38 bits per heavy atom. The van der Waals surface area contributed by atoms with E-state index in [1.165, 1.54) is 0 Å². The molecule has 0 N–H and O–H groups in total. The van der Waals surface area contributed by atoms with Crippen LogP contribution < -0.4 is 0 Å². The maximum atomic E-state index is 12.2. The summed E-state index contributed by atoms with van der Waals surface area (Å²) in [5.74, 6) is 0.0272. The summed E-state index contributed by atoms with van der Waals surface area (Å²) in [6.07, 6.45) is 3.74. The van der Waals surface area contributed by atoms with E-state index in [-0.39, 0.29) is 24.6 Å². The summed E-state index contributed by atoms with van der Waals surface area (Å²) < 4.78 is 6.97. The van der Waals surface area contributed by atoms with Crippen LogP contribution in [0.4, 0.5) is 0 Å². The van der Waals surface area contributed by atoms with Crippen LogP contribution >= 0.6 is 0 Å². The van der Waals surface area contributed by atoms with Gasteiger partial charge in [0, 0.05) is 25.9 Å². The third kappa shape index (κ3) is 3.19. The maximum Gasteiger partial charge on any atom is 0.249 e. The molecule has 1 amide bonds. The molecular weight excluding hydrogens is 304 g/mol. The van der Waals surface area contributed by atoms with Crippen molar-refractivity contribution in [2.75, 3.05) is 20.3 Å². The summed E-state index contributed by atoms with van der Waals surface area (Å²) in [5.41, 5.74) is 2.83.